The molecule has 0 radical (unpaired) electrons. The minimum Gasteiger partial charge on any atom is -0.458 e. The van der Waals surface area contributed by atoms with Crippen LogP contribution in [0.4, 0.5) is 4.39 Å². The summed E-state index contributed by atoms with van der Waals surface area (Å²) in [4.78, 5) is 168. The summed E-state index contributed by atoms with van der Waals surface area (Å²) in [5.74, 6) is -16.2. The lowest BCUT2D eigenvalue weighted by molar-refractivity contribution is -0.157. The van der Waals surface area contributed by atoms with E-state index in [1.165, 1.54) is 20.8 Å². The molecule has 0 bridgehead atoms. The average molecular weight is 1270 g/mol. The Morgan fingerprint density at radius 1 is 0.700 bits per heavy atom. The Bertz CT molecular complexity index is 2590. The van der Waals surface area contributed by atoms with E-state index in [0.717, 1.165) is 24.8 Å². The smallest absolute Gasteiger partial charge is 0.329 e. The van der Waals surface area contributed by atoms with Crippen LogP contribution in [0.15, 0.2) is 30.3 Å². The molecule has 1 aliphatic heterocycles. The standard InChI is InChI=1S/C67H106FN7O15/c1-12-17-18-19-23-26-50(52(78)32-46(36-76)63(86)73-59-43(11)90-65(88)58(40(8)15-4)74-66(89)67(35-48(67)30-42(10)68)75-60(83)41(9)29-54(59)80)71-64(87)49(38(6)13-2)34-53(79)51(27-28-56(69)82)70-62(85)47(37-77)33-55(81)57(39(7)14-3)72-61(84)45(16-5)31-44-24-21-20-22-25-44/h20-22,24-25,38-43,45-51,57-59,76-77H,12-19,23,26-37H2,1-11H3,(H2,69,82)(H,70,85)(H,71,87)(H,72,84)(H,73,86)(H,74,89)(H,75,83)/t38-,39-,40-,41+,42?,43-,45+,46-,47-,48+,49+,50-,51+,57-,58-,59+,67+/m0/s1. The van der Waals surface area contributed by atoms with Gasteiger partial charge in [0.1, 0.15) is 23.7 Å². The molecule has 1 saturated carbocycles. The first-order valence-corrected chi connectivity index (χ1v) is 32.9. The number of Topliss-reactive ketones (excluding diaryl/α,β-unsaturated/α-hetero) is 4. The van der Waals surface area contributed by atoms with Gasteiger partial charge in [-0.25, -0.2) is 9.18 Å². The number of hydrogen-bond acceptors (Lipinski definition) is 15. The summed E-state index contributed by atoms with van der Waals surface area (Å²) in [6.45, 7) is 16.9. The topological polar surface area (TPSA) is 353 Å². The number of alkyl halides is 1. The van der Waals surface area contributed by atoms with Crippen LogP contribution in [-0.2, 0) is 68.7 Å². The van der Waals surface area contributed by atoms with E-state index in [1.54, 1.807) is 34.6 Å². The fourth-order valence-corrected chi connectivity index (χ4v) is 11.6. The van der Waals surface area contributed by atoms with E-state index >= 15 is 0 Å². The van der Waals surface area contributed by atoms with Crippen LogP contribution in [0.3, 0.4) is 0 Å². The van der Waals surface area contributed by atoms with Crippen molar-refractivity contribution in [3.63, 3.8) is 0 Å². The number of carbonyl (C=O) groups excluding carboxylic acids is 12. The molecule has 0 aromatic heterocycles. The monoisotopic (exact) mass is 1270 g/mol. The lowest BCUT2D eigenvalue weighted by Gasteiger charge is -2.30. The molecule has 506 valence electrons. The van der Waals surface area contributed by atoms with Crippen molar-refractivity contribution in [1.29, 1.82) is 0 Å². The molecular formula is C67H106FN7O15. The number of unbranched alkanes of at least 4 members (excludes halogenated alkanes) is 4. The number of nitrogens with two attached hydrogens (primary N) is 1. The molecule has 23 heteroatoms. The largest absolute Gasteiger partial charge is 0.458 e. The van der Waals surface area contributed by atoms with Gasteiger partial charge in [-0.05, 0) is 81.6 Å². The van der Waals surface area contributed by atoms with Gasteiger partial charge in [0.25, 0.3) is 0 Å². The number of primary amides is 1. The van der Waals surface area contributed by atoms with Gasteiger partial charge in [0.05, 0.1) is 49.3 Å². The van der Waals surface area contributed by atoms with E-state index in [2.05, 4.69) is 31.9 Å². The molecule has 2 aliphatic rings. The molecule has 1 saturated heterocycles. The maximum Gasteiger partial charge on any atom is 0.329 e. The van der Waals surface area contributed by atoms with Crippen molar-refractivity contribution in [2.75, 3.05) is 13.2 Å². The first kappa shape index (κ1) is 77.8. The van der Waals surface area contributed by atoms with Crippen LogP contribution >= 0.6 is 0 Å². The maximum absolute atomic E-state index is 14.6. The van der Waals surface area contributed by atoms with Gasteiger partial charge in [0.2, 0.25) is 41.4 Å². The zero-order chi connectivity index (χ0) is 67.6. The second kappa shape index (κ2) is 38.4. The Labute approximate surface area is 531 Å². The fourth-order valence-electron chi connectivity index (χ4n) is 11.6. The van der Waals surface area contributed by atoms with Crippen LogP contribution in [0.2, 0.25) is 0 Å². The van der Waals surface area contributed by atoms with Gasteiger partial charge in [-0.1, -0.05) is 144 Å². The van der Waals surface area contributed by atoms with E-state index in [1.807, 2.05) is 51.1 Å². The number of cyclic esters (lactones) is 1. The van der Waals surface area contributed by atoms with E-state index in [9.17, 15) is 72.1 Å². The molecule has 2 fully saturated rings. The van der Waals surface area contributed by atoms with Crippen molar-refractivity contribution in [2.24, 2.45) is 59.0 Å². The number of aliphatic hydroxyl groups excluding tert-OH is 2. The van der Waals surface area contributed by atoms with Gasteiger partial charge >= 0.3 is 5.97 Å². The summed E-state index contributed by atoms with van der Waals surface area (Å²) in [5.41, 5.74) is 4.92. The number of rotatable bonds is 39. The van der Waals surface area contributed by atoms with Crippen LogP contribution in [0.5, 0.6) is 0 Å². The van der Waals surface area contributed by atoms with Crippen LogP contribution in [0.1, 0.15) is 197 Å². The average Bonchev–Trinajstić information content (AvgIpc) is 1.58. The SMILES string of the molecule is CCCCCCC[C@H](NC(=O)[C@H](CC(=O)[C@@H](CCC(N)=O)NC(=O)[C@H](CO)CC(=O)[C@@H](NC(=O)[C@H](CC)Cc1ccccc1)[C@@H](C)CC)[C@@H](C)CC)C(=O)C[C@@H](CO)C(=O)N[C@H]1C(=O)C[C@@H](C)C(=O)N[C@@]2(C[C@H]2CC(C)F)C(=O)N[C@@H]([C@@H](C)CC)C(=O)O[C@H]1C. The van der Waals surface area contributed by atoms with Crippen molar-refractivity contribution in [2.45, 2.75) is 246 Å². The van der Waals surface area contributed by atoms with Crippen LogP contribution in [-0.4, -0.2) is 142 Å². The summed E-state index contributed by atoms with van der Waals surface area (Å²) >= 11 is 0. The minimum atomic E-state index is -1.62. The molecule has 90 heavy (non-hydrogen) atoms. The van der Waals surface area contributed by atoms with Gasteiger partial charge in [-0.3, -0.25) is 52.7 Å². The number of ketones is 4. The van der Waals surface area contributed by atoms with Crippen molar-refractivity contribution in [3.05, 3.63) is 35.9 Å². The normalized spacial score (nSPS) is 23.3. The molecular weight excluding hydrogens is 1160 g/mol. The number of nitrogens with one attached hydrogen (secondary N) is 6. The Balaban J connectivity index is 1.89. The highest BCUT2D eigenvalue weighted by atomic mass is 19.1. The Morgan fingerprint density at radius 3 is 1.86 bits per heavy atom. The number of carbonyl (C=O) groups is 12. The molecule has 1 unspecified atom stereocenters. The number of amides is 7. The predicted octanol–water partition coefficient (Wildman–Crippen LogP) is 5.32. The predicted molar refractivity (Wildman–Crippen MR) is 336 cm³/mol. The summed E-state index contributed by atoms with van der Waals surface area (Å²) < 4.78 is 20.1. The number of hydrogen-bond donors (Lipinski definition) is 9. The van der Waals surface area contributed by atoms with E-state index in [-0.39, 0.29) is 43.9 Å². The van der Waals surface area contributed by atoms with Crippen molar-refractivity contribution < 1.29 is 76.9 Å². The van der Waals surface area contributed by atoms with Gasteiger partial charge in [0.15, 0.2) is 23.1 Å². The minimum absolute atomic E-state index is 0.0450. The van der Waals surface area contributed by atoms with Gasteiger partial charge in [-0.15, -0.1) is 0 Å². The van der Waals surface area contributed by atoms with Crippen LogP contribution < -0.4 is 37.6 Å². The van der Waals surface area contributed by atoms with Gasteiger partial charge in [-0.2, -0.15) is 0 Å². The van der Waals surface area contributed by atoms with Gasteiger partial charge < -0.3 is 52.6 Å². The highest BCUT2D eigenvalue weighted by molar-refractivity contribution is 6.01. The molecule has 1 heterocycles. The molecule has 17 atom stereocenters. The number of ether oxygens (including phenoxy) is 1. The van der Waals surface area contributed by atoms with E-state index in [4.69, 9.17) is 10.5 Å². The van der Waals surface area contributed by atoms with E-state index < -0.39 is 199 Å². The first-order chi connectivity index (χ1) is 42.6. The number of esters is 1. The second-order valence-corrected chi connectivity index (χ2v) is 25.7. The summed E-state index contributed by atoms with van der Waals surface area (Å²) in [6.07, 6.45) is 0.527. The Kier molecular flexibility index (Phi) is 33.2. The number of aliphatic hydroxyl groups is 2. The molecule has 10 N–H and O–H groups in total. The van der Waals surface area contributed by atoms with Crippen molar-refractivity contribution >= 4 is 70.5 Å². The zero-order valence-electron chi connectivity index (χ0n) is 55.1. The lowest BCUT2D eigenvalue weighted by Crippen LogP contribution is -2.57. The zero-order valence-corrected chi connectivity index (χ0v) is 55.1. The second-order valence-electron chi connectivity index (χ2n) is 25.7. The molecule has 3 rings (SSSR count). The number of benzene rings is 1. The highest BCUT2D eigenvalue weighted by Crippen LogP contribution is 2.48. The first-order valence-electron chi connectivity index (χ1n) is 32.9. The Hall–Kier alpha value is -6.49. The number of halogens is 1. The lowest BCUT2D eigenvalue weighted by atomic mass is 9.84. The molecule has 22 nitrogen and oxygen atoms in total. The van der Waals surface area contributed by atoms with Crippen molar-refractivity contribution in [3.8, 4) is 0 Å². The van der Waals surface area contributed by atoms with E-state index in [0.29, 0.717) is 44.9 Å². The summed E-state index contributed by atoms with van der Waals surface area (Å²) in [5, 5.41) is 37.6. The van der Waals surface area contributed by atoms with Crippen LogP contribution in [0, 0.1) is 53.3 Å². The molecule has 1 aromatic carbocycles. The third kappa shape index (κ3) is 23.6. The van der Waals surface area contributed by atoms with Crippen LogP contribution in [0.25, 0.3) is 0 Å². The highest BCUT2D eigenvalue weighted by Gasteiger charge is 2.62. The molecule has 7 amide bonds. The molecule has 1 aromatic rings. The molecule has 1 spiro atoms. The third-order valence-corrected chi connectivity index (χ3v) is 18.5. The van der Waals surface area contributed by atoms with Gasteiger partial charge in [0, 0.05) is 49.9 Å². The molecule has 1 aliphatic carbocycles. The summed E-state index contributed by atoms with van der Waals surface area (Å²) in [6, 6.07) is 2.86. The maximum atomic E-state index is 14.6. The summed E-state index contributed by atoms with van der Waals surface area (Å²) in [7, 11) is 0. The fraction of sp³-hybridized carbons (Fsp3) is 0.731. The van der Waals surface area contributed by atoms with Crippen molar-refractivity contribution in [1.82, 2.24) is 31.9 Å². The Morgan fingerprint density at radius 2 is 1.28 bits per heavy atom. The quantitative estimate of drug-likeness (QED) is 0.0298. The third-order valence-electron chi connectivity index (χ3n) is 18.5.